The van der Waals surface area contributed by atoms with Gasteiger partial charge in [0.1, 0.15) is 5.82 Å². The first-order chi connectivity index (χ1) is 31.6. The van der Waals surface area contributed by atoms with Crippen LogP contribution in [0.1, 0.15) is 129 Å². The Morgan fingerprint density at radius 1 is 0.500 bits per heavy atom. The quantitative estimate of drug-likeness (QED) is 0.107. The van der Waals surface area contributed by atoms with Crippen LogP contribution in [0.5, 0.6) is 11.5 Å². The molecule has 350 valence electrons. The fraction of sp³-hybridized carbons (Fsp3) is 0.290. The van der Waals surface area contributed by atoms with E-state index in [1.54, 1.807) is 0 Å². The molecular weight excluding hydrogens is 1010 g/mol. The van der Waals surface area contributed by atoms with E-state index in [1.165, 1.54) is 27.8 Å². The number of nitrogens with zero attached hydrogens (tertiary/aromatic N) is 4. The number of aromatic nitrogens is 4. The number of fused-ring (bicyclic) bond motifs is 3. The summed E-state index contributed by atoms with van der Waals surface area (Å²) in [6, 6.07) is 57.3. The number of imidazole rings is 1. The van der Waals surface area contributed by atoms with E-state index in [2.05, 4.69) is 262 Å². The average Bonchev–Trinajstić information content (AvgIpc) is 3.90. The number of para-hydroxylation sites is 1. The van der Waals surface area contributed by atoms with E-state index in [0.717, 1.165) is 50.3 Å². The monoisotopic (exact) mass is 1080 g/mol. The van der Waals surface area contributed by atoms with Gasteiger partial charge in [-0.2, -0.15) is 12.1 Å². The summed E-state index contributed by atoms with van der Waals surface area (Å²) in [6.07, 6.45) is 8.01. The molecule has 68 heavy (non-hydrogen) atoms. The summed E-state index contributed by atoms with van der Waals surface area (Å²) in [6.45, 7) is 29.6. The zero-order chi connectivity index (χ0) is 47.7. The molecule has 0 unspecified atom stereocenters. The Kier molecular flexibility index (Phi) is 12.7. The maximum Gasteiger partial charge on any atom is 0.267 e. The van der Waals surface area contributed by atoms with Gasteiger partial charge in [-0.25, -0.2) is 4.98 Å². The van der Waals surface area contributed by atoms with E-state index >= 15 is 0 Å². The molecule has 0 saturated heterocycles. The summed E-state index contributed by atoms with van der Waals surface area (Å²) in [4.78, 5) is 4.91. The minimum absolute atomic E-state index is 0. The normalized spacial score (nSPS) is 12.7. The molecular formula is C62H64N4OPt-2. The third-order valence-electron chi connectivity index (χ3n) is 13.7. The van der Waals surface area contributed by atoms with Gasteiger partial charge >= 0.3 is 0 Å². The predicted octanol–water partition coefficient (Wildman–Crippen LogP) is 15.0. The van der Waals surface area contributed by atoms with Gasteiger partial charge in [0.25, 0.3) is 6.33 Å². The molecule has 0 N–H and O–H groups in total. The van der Waals surface area contributed by atoms with Gasteiger partial charge in [0, 0.05) is 55.9 Å². The third-order valence-corrected chi connectivity index (χ3v) is 13.7. The van der Waals surface area contributed by atoms with Crippen LogP contribution < -0.4 is 9.30 Å². The number of benzene rings is 6. The van der Waals surface area contributed by atoms with Crippen LogP contribution in [-0.2, 0) is 48.1 Å². The van der Waals surface area contributed by atoms with Crippen LogP contribution in [0.15, 0.2) is 152 Å². The van der Waals surface area contributed by atoms with Crippen LogP contribution in [0.2, 0.25) is 0 Å². The SMILES string of the molecule is CC(C)(C)c1cc(-[n+]2[c-]n(-c3[c-]c(Oc4[c-]c5c(cc4)c4ccccc4n5-c4cc(C(C)(C)C)ccn4)cc(C(C)(C)c4ccccc4)c3)cc2C(C)(C)c2ccccc2)cc(C(C)(C)C)c1.[Pt]. The van der Waals surface area contributed by atoms with Gasteiger partial charge in [-0.15, -0.1) is 35.2 Å². The summed E-state index contributed by atoms with van der Waals surface area (Å²) in [5, 5.41) is 2.22. The van der Waals surface area contributed by atoms with Gasteiger partial charge in [0.15, 0.2) is 0 Å². The number of pyridine rings is 1. The molecule has 0 saturated carbocycles. The number of ether oxygens (including phenoxy) is 1. The predicted molar refractivity (Wildman–Crippen MR) is 276 cm³/mol. The second-order valence-corrected chi connectivity index (χ2v) is 22.4. The Morgan fingerprint density at radius 2 is 1.09 bits per heavy atom. The molecule has 0 amide bonds. The molecule has 0 bridgehead atoms. The third kappa shape index (κ3) is 9.27. The molecule has 0 aliphatic heterocycles. The summed E-state index contributed by atoms with van der Waals surface area (Å²) in [5.74, 6) is 2.03. The fourth-order valence-electron chi connectivity index (χ4n) is 9.13. The second kappa shape index (κ2) is 17.8. The molecule has 0 fully saturated rings. The van der Waals surface area contributed by atoms with Gasteiger partial charge in [-0.05, 0) is 90.9 Å². The number of rotatable bonds is 9. The van der Waals surface area contributed by atoms with Crippen molar-refractivity contribution in [3.05, 3.63) is 209 Å². The van der Waals surface area contributed by atoms with Gasteiger partial charge < -0.3 is 13.9 Å². The van der Waals surface area contributed by atoms with Crippen molar-refractivity contribution >= 4 is 21.8 Å². The fourth-order valence-corrected chi connectivity index (χ4v) is 9.13. The topological polar surface area (TPSA) is 35.9 Å². The Balaban J connectivity index is 0.00000625. The first-order valence-corrected chi connectivity index (χ1v) is 23.6. The van der Waals surface area contributed by atoms with Crippen LogP contribution in [0.4, 0.5) is 0 Å². The molecule has 5 nitrogen and oxygen atoms in total. The van der Waals surface area contributed by atoms with Crippen LogP contribution in [0.3, 0.4) is 0 Å². The van der Waals surface area contributed by atoms with Crippen molar-refractivity contribution in [3.63, 3.8) is 0 Å². The van der Waals surface area contributed by atoms with Crippen LogP contribution in [0.25, 0.3) is 39.0 Å². The molecule has 9 rings (SSSR count). The van der Waals surface area contributed by atoms with Crippen LogP contribution in [0, 0.1) is 18.5 Å². The molecule has 0 radical (unpaired) electrons. The van der Waals surface area contributed by atoms with Crippen molar-refractivity contribution in [1.29, 1.82) is 0 Å². The molecule has 0 aliphatic rings. The van der Waals surface area contributed by atoms with Gasteiger partial charge in [0.05, 0.1) is 11.4 Å². The van der Waals surface area contributed by atoms with E-state index < -0.39 is 5.41 Å². The van der Waals surface area contributed by atoms with Crippen molar-refractivity contribution in [1.82, 2.24) is 14.1 Å². The van der Waals surface area contributed by atoms with E-state index in [1.807, 2.05) is 12.3 Å². The minimum Gasteiger partial charge on any atom is -0.510 e. The Labute approximate surface area is 419 Å². The van der Waals surface area contributed by atoms with Crippen molar-refractivity contribution in [3.8, 4) is 28.7 Å². The summed E-state index contributed by atoms with van der Waals surface area (Å²) >= 11 is 0. The number of hydrogen-bond donors (Lipinski definition) is 0. The molecule has 6 aromatic carbocycles. The molecule has 9 aromatic rings. The maximum absolute atomic E-state index is 6.97. The Hall–Kier alpha value is -6.03. The van der Waals surface area contributed by atoms with Gasteiger partial charge in [0.2, 0.25) is 0 Å². The average molecular weight is 1080 g/mol. The Bertz CT molecular complexity index is 3230. The van der Waals surface area contributed by atoms with E-state index in [9.17, 15) is 0 Å². The molecule has 6 heteroatoms. The van der Waals surface area contributed by atoms with E-state index in [-0.39, 0.29) is 42.7 Å². The number of hydrogen-bond acceptors (Lipinski definition) is 2. The minimum atomic E-state index is -0.396. The second-order valence-electron chi connectivity index (χ2n) is 22.4. The maximum atomic E-state index is 6.97. The standard InChI is InChI=1S/C62H64N4O.Pt/c1-58(2,3)44-30-31-63-57(37-44)66-54-27-21-20-26-52(54)53-29-28-50(39-55(53)66)67-51-36-47(61(10,11)42-22-16-14-17-23-42)35-48(38-51)64-40-56(62(12,13)43-24-18-15-19-25-43)65(41-64)49-33-45(59(4,5)6)32-46(34-49)60(7,8)9;/h14-37,40H,1-13H3;/q-2;. The van der Waals surface area contributed by atoms with Crippen LogP contribution in [-0.4, -0.2) is 14.1 Å². The molecule has 3 heterocycles. The summed E-state index contributed by atoms with van der Waals surface area (Å²) < 4.78 is 13.6. The molecule has 0 aliphatic carbocycles. The van der Waals surface area contributed by atoms with Gasteiger partial charge in [-0.1, -0.05) is 180 Å². The van der Waals surface area contributed by atoms with E-state index in [0.29, 0.717) is 11.5 Å². The van der Waals surface area contributed by atoms with Gasteiger partial charge in [-0.3, -0.25) is 4.57 Å². The largest absolute Gasteiger partial charge is 0.510 e. The summed E-state index contributed by atoms with van der Waals surface area (Å²) in [5.41, 5.74) is 11.3. The Morgan fingerprint density at radius 3 is 1.71 bits per heavy atom. The van der Waals surface area contributed by atoms with Crippen molar-refractivity contribution in [2.24, 2.45) is 0 Å². The summed E-state index contributed by atoms with van der Waals surface area (Å²) in [7, 11) is 0. The van der Waals surface area contributed by atoms with E-state index in [4.69, 9.17) is 9.72 Å². The zero-order valence-corrected chi connectivity index (χ0v) is 44.2. The molecule has 3 aromatic heterocycles. The first kappa shape index (κ1) is 48.4. The zero-order valence-electron chi connectivity index (χ0n) is 41.9. The first-order valence-electron chi connectivity index (χ1n) is 23.6. The van der Waals surface area contributed by atoms with Crippen molar-refractivity contribution in [2.75, 3.05) is 0 Å². The molecule has 0 spiro atoms. The van der Waals surface area contributed by atoms with Crippen molar-refractivity contribution in [2.45, 2.75) is 117 Å². The van der Waals surface area contributed by atoms with Crippen LogP contribution >= 0.6 is 0 Å². The van der Waals surface area contributed by atoms with Crippen molar-refractivity contribution < 1.29 is 30.4 Å². The smallest absolute Gasteiger partial charge is 0.267 e. The molecule has 0 atom stereocenters.